The van der Waals surface area contributed by atoms with Crippen LogP contribution in [0, 0.1) is 11.6 Å². The van der Waals surface area contributed by atoms with Crippen molar-refractivity contribution in [2.24, 2.45) is 0 Å². The van der Waals surface area contributed by atoms with Crippen LogP contribution < -0.4 is 0 Å². The minimum atomic E-state index is -4.52. The van der Waals surface area contributed by atoms with Crippen LogP contribution in [0.1, 0.15) is 36.3 Å². The molecular formula is C24H17F5N4. The number of H-pyrrole nitrogens is 1. The van der Waals surface area contributed by atoms with Crippen LogP contribution in [0.25, 0.3) is 22.6 Å². The van der Waals surface area contributed by atoms with Crippen LogP contribution >= 0.6 is 0 Å². The van der Waals surface area contributed by atoms with E-state index in [2.05, 4.69) is 15.1 Å². The average Bonchev–Trinajstić information content (AvgIpc) is 3.23. The third kappa shape index (κ3) is 3.88. The van der Waals surface area contributed by atoms with Crippen LogP contribution in [0.3, 0.4) is 0 Å². The molecule has 1 aromatic carbocycles. The molecule has 1 saturated carbocycles. The van der Waals surface area contributed by atoms with E-state index in [1.54, 1.807) is 24.3 Å². The van der Waals surface area contributed by atoms with E-state index in [-0.39, 0.29) is 22.6 Å². The van der Waals surface area contributed by atoms with Crippen molar-refractivity contribution >= 4 is 0 Å². The second kappa shape index (κ2) is 7.47. The summed E-state index contributed by atoms with van der Waals surface area (Å²) in [4.78, 5) is 9.17. The number of aromatic nitrogens is 4. The van der Waals surface area contributed by atoms with Crippen LogP contribution in [0.2, 0.25) is 0 Å². The number of pyridine rings is 2. The molecule has 0 saturated heterocycles. The third-order valence-corrected chi connectivity index (χ3v) is 6.05. The monoisotopic (exact) mass is 456 g/mol. The maximum Gasteiger partial charge on any atom is 0.432 e. The van der Waals surface area contributed by atoms with Gasteiger partial charge in [0.05, 0.1) is 11.4 Å². The second-order valence-corrected chi connectivity index (χ2v) is 8.32. The van der Waals surface area contributed by atoms with Crippen molar-refractivity contribution in [2.45, 2.75) is 30.9 Å². The molecule has 3 heterocycles. The van der Waals surface area contributed by atoms with Crippen molar-refractivity contribution in [3.8, 4) is 22.6 Å². The molecule has 1 aliphatic carbocycles. The van der Waals surface area contributed by atoms with Gasteiger partial charge in [0.1, 0.15) is 23.0 Å². The quantitative estimate of drug-likeness (QED) is 0.368. The predicted octanol–water partition coefficient (Wildman–Crippen LogP) is 6.28. The molecule has 0 radical (unpaired) electrons. The van der Waals surface area contributed by atoms with E-state index >= 15 is 0 Å². The molecule has 0 amide bonds. The zero-order valence-corrected chi connectivity index (χ0v) is 17.3. The number of rotatable bonds is 4. The fraction of sp³-hybridized carbons (Fsp3) is 0.208. The normalized spacial score (nSPS) is 20.1. The second-order valence-electron chi connectivity index (χ2n) is 8.32. The highest BCUT2D eigenvalue weighted by Crippen LogP contribution is 2.59. The molecule has 168 valence electrons. The van der Waals surface area contributed by atoms with Crippen molar-refractivity contribution in [2.75, 3.05) is 0 Å². The van der Waals surface area contributed by atoms with Crippen molar-refractivity contribution in [1.82, 2.24) is 20.2 Å². The molecule has 4 nitrogen and oxygen atoms in total. The van der Waals surface area contributed by atoms with Gasteiger partial charge in [0.25, 0.3) is 0 Å². The lowest BCUT2D eigenvalue weighted by Crippen LogP contribution is -2.08. The van der Waals surface area contributed by atoms with Gasteiger partial charge in [0, 0.05) is 34.4 Å². The zero-order chi connectivity index (χ0) is 23.4. The molecule has 3 aromatic heterocycles. The highest BCUT2D eigenvalue weighted by molar-refractivity contribution is 5.61. The minimum absolute atomic E-state index is 0.0145. The van der Waals surface area contributed by atoms with Gasteiger partial charge in [-0.3, -0.25) is 15.1 Å². The number of hydrogen-bond donors (Lipinski definition) is 1. The number of nitrogens with one attached hydrogen (secondary N) is 1. The van der Waals surface area contributed by atoms with Gasteiger partial charge in [-0.05, 0) is 48.9 Å². The largest absolute Gasteiger partial charge is 0.432 e. The van der Waals surface area contributed by atoms with E-state index in [9.17, 15) is 22.0 Å². The molecule has 33 heavy (non-hydrogen) atoms. The fourth-order valence-electron chi connectivity index (χ4n) is 4.07. The minimum Gasteiger partial charge on any atom is -0.273 e. The standard InChI is InChI=1S/C24H17F5N4/c1-23(21-7-3-4-17(31-21)14-9-8-13(25)10-16(14)26)12-15(23)18-5-2-6-19(30-18)20-11-22(33-32-20)24(27,28)29/h2-11,15H,12H2,1H3,(H,32,33). The molecule has 2 atom stereocenters. The Morgan fingerprint density at radius 3 is 2.39 bits per heavy atom. The lowest BCUT2D eigenvalue weighted by atomic mass is 9.98. The molecule has 1 fully saturated rings. The summed E-state index contributed by atoms with van der Waals surface area (Å²) in [6.07, 6.45) is -3.79. The van der Waals surface area contributed by atoms with Crippen LogP contribution in [-0.4, -0.2) is 20.2 Å². The highest BCUT2D eigenvalue weighted by Gasteiger charge is 2.54. The molecule has 1 N–H and O–H groups in total. The van der Waals surface area contributed by atoms with E-state index in [1.165, 1.54) is 12.1 Å². The summed E-state index contributed by atoms with van der Waals surface area (Å²) >= 11 is 0. The smallest absolute Gasteiger partial charge is 0.273 e. The molecule has 0 bridgehead atoms. The van der Waals surface area contributed by atoms with Crippen molar-refractivity contribution < 1.29 is 22.0 Å². The van der Waals surface area contributed by atoms with E-state index in [1.807, 2.05) is 24.2 Å². The summed E-state index contributed by atoms with van der Waals surface area (Å²) in [5.74, 6) is -1.37. The lowest BCUT2D eigenvalue weighted by Gasteiger charge is -2.13. The lowest BCUT2D eigenvalue weighted by molar-refractivity contribution is -0.141. The predicted molar refractivity (Wildman–Crippen MR) is 111 cm³/mol. The van der Waals surface area contributed by atoms with Crippen LogP contribution in [0.5, 0.6) is 0 Å². The van der Waals surface area contributed by atoms with Gasteiger partial charge in [0.15, 0.2) is 0 Å². The molecule has 9 heteroatoms. The Hall–Kier alpha value is -3.62. The van der Waals surface area contributed by atoms with E-state index in [0.29, 0.717) is 17.1 Å². The summed E-state index contributed by atoms with van der Waals surface area (Å²) in [5.41, 5.74) is 1.19. The first kappa shape index (κ1) is 21.2. The Labute approximate surface area is 185 Å². The maximum absolute atomic E-state index is 14.2. The van der Waals surface area contributed by atoms with Crippen molar-refractivity contribution in [3.05, 3.63) is 89.4 Å². The van der Waals surface area contributed by atoms with E-state index in [0.717, 1.165) is 24.2 Å². The first-order chi connectivity index (χ1) is 15.6. The van der Waals surface area contributed by atoms with Crippen molar-refractivity contribution in [3.63, 3.8) is 0 Å². The molecule has 0 spiro atoms. The Kier molecular flexibility index (Phi) is 4.81. The summed E-state index contributed by atoms with van der Waals surface area (Å²) in [6, 6.07) is 14.7. The summed E-state index contributed by atoms with van der Waals surface area (Å²) in [6.45, 7) is 2.01. The highest BCUT2D eigenvalue weighted by atomic mass is 19.4. The van der Waals surface area contributed by atoms with Gasteiger partial charge >= 0.3 is 6.18 Å². The van der Waals surface area contributed by atoms with Gasteiger partial charge in [0.2, 0.25) is 0 Å². The van der Waals surface area contributed by atoms with E-state index < -0.39 is 23.5 Å². The number of hydrogen-bond acceptors (Lipinski definition) is 3. The Bertz CT molecular complexity index is 1350. The van der Waals surface area contributed by atoms with Gasteiger partial charge in [-0.25, -0.2) is 8.78 Å². The van der Waals surface area contributed by atoms with Gasteiger partial charge in [-0.2, -0.15) is 18.3 Å². The van der Waals surface area contributed by atoms with Crippen LogP contribution in [0.15, 0.2) is 60.7 Å². The number of alkyl halides is 3. The number of halogens is 5. The number of aromatic amines is 1. The molecule has 5 rings (SSSR count). The summed E-state index contributed by atoms with van der Waals surface area (Å²) in [5, 5.41) is 5.75. The SMILES string of the molecule is CC1(c2cccc(-c3ccc(F)cc3F)n2)CC1c1cccc(-c2cc(C(F)(F)F)[nH]n2)n1. The first-order valence-electron chi connectivity index (χ1n) is 10.2. The fourth-order valence-corrected chi connectivity index (χ4v) is 4.07. The van der Waals surface area contributed by atoms with Crippen LogP contribution in [-0.2, 0) is 11.6 Å². The molecule has 0 aliphatic heterocycles. The Balaban J connectivity index is 1.43. The molecular weight excluding hydrogens is 439 g/mol. The molecule has 2 unspecified atom stereocenters. The van der Waals surface area contributed by atoms with Gasteiger partial charge in [-0.15, -0.1) is 0 Å². The summed E-state index contributed by atoms with van der Waals surface area (Å²) < 4.78 is 66.1. The molecule has 4 aromatic rings. The van der Waals surface area contributed by atoms with E-state index in [4.69, 9.17) is 0 Å². The third-order valence-electron chi connectivity index (χ3n) is 6.05. The zero-order valence-electron chi connectivity index (χ0n) is 17.3. The molecule has 1 aliphatic rings. The number of nitrogens with zero attached hydrogens (tertiary/aromatic N) is 3. The summed E-state index contributed by atoms with van der Waals surface area (Å²) in [7, 11) is 0. The van der Waals surface area contributed by atoms with Gasteiger partial charge in [-0.1, -0.05) is 19.1 Å². The Morgan fingerprint density at radius 1 is 0.909 bits per heavy atom. The topological polar surface area (TPSA) is 54.5 Å². The Morgan fingerprint density at radius 2 is 1.67 bits per heavy atom. The van der Waals surface area contributed by atoms with Crippen LogP contribution in [0.4, 0.5) is 22.0 Å². The average molecular weight is 456 g/mol. The van der Waals surface area contributed by atoms with Gasteiger partial charge < -0.3 is 0 Å². The first-order valence-corrected chi connectivity index (χ1v) is 10.2. The number of benzene rings is 1. The maximum atomic E-state index is 14.2. The van der Waals surface area contributed by atoms with Crippen molar-refractivity contribution in [1.29, 1.82) is 0 Å².